The fraction of sp³-hybridized carbons (Fsp3) is 0.263. The van der Waals surface area contributed by atoms with Crippen molar-refractivity contribution < 1.29 is 34.8 Å². The Hall–Kier alpha value is -3.26. The Labute approximate surface area is 155 Å². The summed E-state index contributed by atoms with van der Waals surface area (Å²) in [6.07, 6.45) is 0.582. The van der Waals surface area contributed by atoms with Gasteiger partial charge in [-0.1, -0.05) is 18.2 Å². The number of esters is 1. The van der Waals surface area contributed by atoms with Gasteiger partial charge in [0.25, 0.3) is 0 Å². The van der Waals surface area contributed by atoms with Gasteiger partial charge in [0.1, 0.15) is 17.4 Å². The van der Waals surface area contributed by atoms with Crippen LogP contribution in [0.2, 0.25) is 0 Å². The summed E-state index contributed by atoms with van der Waals surface area (Å²) in [4.78, 5) is 23.2. The van der Waals surface area contributed by atoms with Crippen molar-refractivity contribution in [2.24, 2.45) is 5.73 Å². The Kier molecular flexibility index (Phi) is 6.62. The predicted octanol–water partition coefficient (Wildman–Crippen LogP) is 1.94. The number of hydrogen-bond acceptors (Lipinski definition) is 7. The molecule has 27 heavy (non-hydrogen) atoms. The zero-order chi connectivity index (χ0) is 20.0. The van der Waals surface area contributed by atoms with E-state index in [1.165, 1.54) is 30.3 Å². The van der Waals surface area contributed by atoms with E-state index in [0.717, 1.165) is 0 Å². The van der Waals surface area contributed by atoms with Crippen LogP contribution in [0.3, 0.4) is 0 Å². The maximum Gasteiger partial charge on any atom is 0.341 e. The average molecular weight is 375 g/mol. The minimum Gasteiger partial charge on any atom is -0.507 e. The first-order valence-corrected chi connectivity index (χ1v) is 8.26. The van der Waals surface area contributed by atoms with Gasteiger partial charge in [0, 0.05) is 5.92 Å². The Morgan fingerprint density at radius 1 is 1.00 bits per heavy atom. The third kappa shape index (κ3) is 5.11. The molecule has 144 valence electrons. The number of carbonyl (C=O) groups excluding carboxylic acids is 1. The number of carbonyl (C=O) groups is 2. The molecule has 6 N–H and O–H groups in total. The van der Waals surface area contributed by atoms with E-state index in [-0.39, 0.29) is 35.8 Å². The van der Waals surface area contributed by atoms with E-state index in [0.29, 0.717) is 12.0 Å². The minimum atomic E-state index is -1.23. The SMILES string of the molecule is N[C@H](C(=O)O)C(CCCOC(=O)c1ccccc1O)c1ccc(O)c(O)c1. The molecule has 2 aromatic rings. The van der Waals surface area contributed by atoms with Gasteiger partial charge in [-0.15, -0.1) is 0 Å². The van der Waals surface area contributed by atoms with E-state index in [4.69, 9.17) is 10.5 Å². The summed E-state index contributed by atoms with van der Waals surface area (Å²) in [5, 5.41) is 37.9. The van der Waals surface area contributed by atoms with E-state index in [1.54, 1.807) is 12.1 Å². The van der Waals surface area contributed by atoms with Crippen molar-refractivity contribution in [2.75, 3.05) is 6.61 Å². The molecule has 2 atom stereocenters. The molecule has 0 amide bonds. The molecule has 0 saturated carbocycles. The summed E-state index contributed by atoms with van der Waals surface area (Å²) in [5.74, 6) is -3.43. The highest BCUT2D eigenvalue weighted by Gasteiger charge is 2.26. The smallest absolute Gasteiger partial charge is 0.341 e. The number of hydrogen-bond donors (Lipinski definition) is 5. The molecule has 1 unspecified atom stereocenters. The second-order valence-electron chi connectivity index (χ2n) is 6.01. The molecule has 0 fully saturated rings. The second-order valence-corrected chi connectivity index (χ2v) is 6.01. The van der Waals surface area contributed by atoms with Crippen LogP contribution in [0.4, 0.5) is 0 Å². The molecular formula is C19H21NO7. The number of aromatic hydroxyl groups is 3. The molecule has 0 heterocycles. The van der Waals surface area contributed by atoms with Crippen LogP contribution in [0.25, 0.3) is 0 Å². The number of benzene rings is 2. The number of carboxylic acid groups (broad SMARTS) is 1. The predicted molar refractivity (Wildman–Crippen MR) is 95.7 cm³/mol. The summed E-state index contributed by atoms with van der Waals surface area (Å²) in [5.41, 5.74) is 6.24. The number of phenols is 3. The van der Waals surface area contributed by atoms with Gasteiger partial charge in [-0.2, -0.15) is 0 Å². The van der Waals surface area contributed by atoms with Crippen molar-refractivity contribution in [3.8, 4) is 17.2 Å². The Bertz CT molecular complexity index is 821. The molecule has 2 rings (SSSR count). The Morgan fingerprint density at radius 2 is 1.70 bits per heavy atom. The highest BCUT2D eigenvalue weighted by Crippen LogP contribution is 2.32. The van der Waals surface area contributed by atoms with E-state index in [9.17, 15) is 30.0 Å². The van der Waals surface area contributed by atoms with Gasteiger partial charge in [-0.25, -0.2) is 4.79 Å². The molecule has 0 spiro atoms. The fourth-order valence-electron chi connectivity index (χ4n) is 2.69. The van der Waals surface area contributed by atoms with Crippen molar-refractivity contribution >= 4 is 11.9 Å². The van der Waals surface area contributed by atoms with Crippen molar-refractivity contribution in [1.82, 2.24) is 0 Å². The third-order valence-electron chi connectivity index (χ3n) is 4.16. The maximum atomic E-state index is 11.9. The highest BCUT2D eigenvalue weighted by molar-refractivity contribution is 5.92. The molecule has 0 aliphatic rings. The zero-order valence-electron chi connectivity index (χ0n) is 14.4. The molecule has 8 heteroatoms. The molecular weight excluding hydrogens is 354 g/mol. The van der Waals surface area contributed by atoms with E-state index in [1.807, 2.05) is 0 Å². The fourth-order valence-corrected chi connectivity index (χ4v) is 2.69. The van der Waals surface area contributed by atoms with Crippen molar-refractivity contribution in [2.45, 2.75) is 24.8 Å². The van der Waals surface area contributed by atoms with Crippen molar-refractivity contribution in [3.05, 3.63) is 53.6 Å². The number of ether oxygens (including phenoxy) is 1. The van der Waals surface area contributed by atoms with Crippen LogP contribution in [0.1, 0.15) is 34.7 Å². The van der Waals surface area contributed by atoms with E-state index in [2.05, 4.69) is 0 Å². The van der Waals surface area contributed by atoms with Crippen molar-refractivity contribution in [3.63, 3.8) is 0 Å². The number of nitrogens with two attached hydrogens (primary N) is 1. The minimum absolute atomic E-state index is 0.0000718. The summed E-state index contributed by atoms with van der Waals surface area (Å²) >= 11 is 0. The molecule has 0 aliphatic heterocycles. The zero-order valence-corrected chi connectivity index (χ0v) is 14.4. The van der Waals surface area contributed by atoms with Crippen molar-refractivity contribution in [1.29, 1.82) is 0 Å². The Balaban J connectivity index is 2.00. The lowest BCUT2D eigenvalue weighted by molar-refractivity contribution is -0.139. The van der Waals surface area contributed by atoms with Gasteiger partial charge in [0.2, 0.25) is 0 Å². The van der Waals surface area contributed by atoms with Gasteiger partial charge in [-0.3, -0.25) is 4.79 Å². The summed E-state index contributed by atoms with van der Waals surface area (Å²) in [6, 6.07) is 8.74. The lowest BCUT2D eigenvalue weighted by Crippen LogP contribution is -2.36. The lowest BCUT2D eigenvalue weighted by Gasteiger charge is -2.21. The summed E-state index contributed by atoms with van der Waals surface area (Å²) in [7, 11) is 0. The lowest BCUT2D eigenvalue weighted by atomic mass is 9.87. The molecule has 0 radical (unpaired) electrons. The van der Waals surface area contributed by atoms with E-state index >= 15 is 0 Å². The third-order valence-corrected chi connectivity index (χ3v) is 4.16. The number of para-hydroxylation sites is 1. The number of carboxylic acids is 1. The largest absolute Gasteiger partial charge is 0.507 e. The van der Waals surface area contributed by atoms with Crippen LogP contribution >= 0.6 is 0 Å². The van der Waals surface area contributed by atoms with Gasteiger partial charge < -0.3 is 30.9 Å². The highest BCUT2D eigenvalue weighted by atomic mass is 16.5. The molecule has 0 bridgehead atoms. The van der Waals surface area contributed by atoms with Gasteiger partial charge in [-0.05, 0) is 42.7 Å². The molecule has 0 aliphatic carbocycles. The molecule has 8 nitrogen and oxygen atoms in total. The maximum absolute atomic E-state index is 11.9. The number of rotatable bonds is 8. The topological polar surface area (TPSA) is 150 Å². The monoisotopic (exact) mass is 375 g/mol. The molecule has 2 aromatic carbocycles. The van der Waals surface area contributed by atoms with Crippen LogP contribution in [0.15, 0.2) is 42.5 Å². The average Bonchev–Trinajstić information content (AvgIpc) is 2.64. The second kappa shape index (κ2) is 8.91. The standard InChI is InChI=1S/C19H21NO7/c20-17(18(24)25)12(11-7-8-15(22)16(23)10-11)5-3-9-27-19(26)13-4-1-2-6-14(13)21/h1-2,4,6-8,10,12,17,21-23H,3,5,9,20H2,(H,24,25)/t12?,17-/m0/s1. The Morgan fingerprint density at radius 3 is 2.33 bits per heavy atom. The van der Waals surface area contributed by atoms with Crippen LogP contribution < -0.4 is 5.73 Å². The summed E-state index contributed by atoms with van der Waals surface area (Å²) < 4.78 is 5.10. The molecule has 0 aromatic heterocycles. The van der Waals surface area contributed by atoms with Crippen LogP contribution in [-0.4, -0.2) is 45.0 Å². The first-order chi connectivity index (χ1) is 12.8. The molecule has 0 saturated heterocycles. The van der Waals surface area contributed by atoms with Gasteiger partial charge in [0.15, 0.2) is 11.5 Å². The summed E-state index contributed by atoms with van der Waals surface area (Å²) in [6.45, 7) is 0.0000718. The number of aliphatic carboxylic acids is 1. The van der Waals surface area contributed by atoms with E-state index < -0.39 is 23.9 Å². The quantitative estimate of drug-likeness (QED) is 0.267. The normalized spacial score (nSPS) is 12.9. The van der Waals surface area contributed by atoms with Crippen LogP contribution in [0, 0.1) is 0 Å². The number of phenolic OH excluding ortho intramolecular Hbond substituents is 3. The first kappa shape index (κ1) is 20.1. The first-order valence-electron chi connectivity index (χ1n) is 8.26. The van der Waals surface area contributed by atoms with Gasteiger partial charge >= 0.3 is 11.9 Å². The van der Waals surface area contributed by atoms with Crippen LogP contribution in [-0.2, 0) is 9.53 Å². The van der Waals surface area contributed by atoms with Crippen LogP contribution in [0.5, 0.6) is 17.2 Å². The van der Waals surface area contributed by atoms with Gasteiger partial charge in [0.05, 0.1) is 6.61 Å².